The molecule has 0 aliphatic carbocycles. The first-order valence-corrected chi connectivity index (χ1v) is 7.84. The molecule has 19 heavy (non-hydrogen) atoms. The van der Waals surface area contributed by atoms with Crippen molar-refractivity contribution in [1.29, 1.82) is 0 Å². The number of hydrogen-bond acceptors (Lipinski definition) is 6. The molecular formula is C12H16N4OS2. The molecule has 2 aromatic heterocycles. The van der Waals surface area contributed by atoms with Crippen LogP contribution in [0.1, 0.15) is 42.4 Å². The van der Waals surface area contributed by atoms with E-state index in [4.69, 9.17) is 0 Å². The number of rotatable bonds is 5. The lowest BCUT2D eigenvalue weighted by atomic mass is 10.2. The Hall–Kier alpha value is -1.34. The molecule has 0 saturated carbocycles. The van der Waals surface area contributed by atoms with Crippen molar-refractivity contribution in [3.63, 3.8) is 0 Å². The molecule has 7 heteroatoms. The normalized spacial score (nSPS) is 10.9. The van der Waals surface area contributed by atoms with Gasteiger partial charge in [0.05, 0.1) is 17.1 Å². The number of anilines is 1. The summed E-state index contributed by atoms with van der Waals surface area (Å²) in [5, 5.41) is 15.1. The Morgan fingerprint density at radius 3 is 2.79 bits per heavy atom. The Kier molecular flexibility index (Phi) is 4.60. The second-order valence-corrected chi connectivity index (χ2v) is 6.36. The molecule has 1 amide bonds. The Balaban J connectivity index is 1.93. The predicted molar refractivity (Wildman–Crippen MR) is 77.8 cm³/mol. The molecule has 0 unspecified atom stereocenters. The Morgan fingerprint density at radius 1 is 1.42 bits per heavy atom. The highest BCUT2D eigenvalue weighted by molar-refractivity contribution is 7.15. The average molecular weight is 296 g/mol. The minimum atomic E-state index is -0.0978. The Labute approximate surface area is 120 Å². The topological polar surface area (TPSA) is 67.8 Å². The van der Waals surface area contributed by atoms with Crippen LogP contribution in [0.3, 0.4) is 0 Å². The lowest BCUT2D eigenvalue weighted by Crippen LogP contribution is -2.14. The van der Waals surface area contributed by atoms with Gasteiger partial charge in [0.1, 0.15) is 5.01 Å². The van der Waals surface area contributed by atoms with Crippen LogP contribution in [0.15, 0.2) is 5.38 Å². The largest absolute Gasteiger partial charge is 0.300 e. The smallest absolute Gasteiger partial charge is 0.232 e. The van der Waals surface area contributed by atoms with Gasteiger partial charge < -0.3 is 5.32 Å². The van der Waals surface area contributed by atoms with Gasteiger partial charge in [-0.3, -0.25) is 4.79 Å². The summed E-state index contributed by atoms with van der Waals surface area (Å²) >= 11 is 3.01. The lowest BCUT2D eigenvalue weighted by molar-refractivity contribution is -0.115. The predicted octanol–water partition coefficient (Wildman–Crippen LogP) is 2.86. The number of nitrogens with zero attached hydrogens (tertiary/aromatic N) is 3. The number of amides is 1. The van der Waals surface area contributed by atoms with E-state index in [-0.39, 0.29) is 12.3 Å². The zero-order valence-corrected chi connectivity index (χ0v) is 12.8. The molecule has 0 saturated heterocycles. The van der Waals surface area contributed by atoms with Crippen molar-refractivity contribution in [2.75, 3.05) is 5.32 Å². The molecule has 0 aliphatic heterocycles. The Bertz CT molecular complexity index is 562. The van der Waals surface area contributed by atoms with E-state index in [0.29, 0.717) is 11.0 Å². The van der Waals surface area contributed by atoms with Gasteiger partial charge in [-0.2, -0.15) is 0 Å². The zero-order valence-electron chi connectivity index (χ0n) is 11.1. The summed E-state index contributed by atoms with van der Waals surface area (Å²) in [6.07, 6.45) is 1.11. The molecule has 2 rings (SSSR count). The van der Waals surface area contributed by atoms with E-state index in [2.05, 4.69) is 34.3 Å². The Morgan fingerprint density at radius 2 is 2.21 bits per heavy atom. The van der Waals surface area contributed by atoms with Gasteiger partial charge in [-0.05, 0) is 6.42 Å². The van der Waals surface area contributed by atoms with Gasteiger partial charge in [-0.25, -0.2) is 4.98 Å². The molecule has 5 nitrogen and oxygen atoms in total. The fraction of sp³-hybridized carbons (Fsp3) is 0.500. The molecular weight excluding hydrogens is 280 g/mol. The fourth-order valence-electron chi connectivity index (χ4n) is 1.44. The van der Waals surface area contributed by atoms with Crippen LogP contribution in [-0.2, 0) is 17.6 Å². The third kappa shape index (κ3) is 3.81. The molecule has 0 radical (unpaired) electrons. The molecule has 2 heterocycles. The van der Waals surface area contributed by atoms with Crippen LogP contribution in [0.4, 0.5) is 5.13 Å². The number of hydrogen-bond donors (Lipinski definition) is 1. The molecule has 0 fully saturated rings. The van der Waals surface area contributed by atoms with E-state index in [9.17, 15) is 4.79 Å². The van der Waals surface area contributed by atoms with E-state index < -0.39 is 0 Å². The van der Waals surface area contributed by atoms with Crippen molar-refractivity contribution >= 4 is 33.7 Å². The van der Waals surface area contributed by atoms with Crippen molar-refractivity contribution < 1.29 is 4.79 Å². The summed E-state index contributed by atoms with van der Waals surface area (Å²) in [6, 6.07) is 0. The highest BCUT2D eigenvalue weighted by atomic mass is 32.1. The fourth-order valence-corrected chi connectivity index (χ4v) is 2.97. The maximum atomic E-state index is 11.9. The molecule has 0 bridgehead atoms. The first-order valence-electron chi connectivity index (χ1n) is 6.15. The number of aryl methyl sites for hydroxylation is 1. The molecule has 2 aromatic rings. The van der Waals surface area contributed by atoms with Crippen molar-refractivity contribution in [3.05, 3.63) is 21.1 Å². The minimum absolute atomic E-state index is 0.0978. The van der Waals surface area contributed by atoms with Crippen LogP contribution >= 0.6 is 22.7 Å². The second-order valence-electron chi connectivity index (χ2n) is 4.41. The maximum absolute atomic E-state index is 11.9. The van der Waals surface area contributed by atoms with Crippen LogP contribution < -0.4 is 5.32 Å². The quantitative estimate of drug-likeness (QED) is 0.921. The lowest BCUT2D eigenvalue weighted by Gasteiger charge is -1.99. The summed E-state index contributed by atoms with van der Waals surface area (Å²) in [5.74, 6) is 0.302. The van der Waals surface area contributed by atoms with Gasteiger partial charge in [0.15, 0.2) is 0 Å². The third-order valence-corrected chi connectivity index (χ3v) is 4.60. The summed E-state index contributed by atoms with van der Waals surface area (Å²) in [7, 11) is 0. The van der Waals surface area contributed by atoms with Gasteiger partial charge in [-0.1, -0.05) is 32.1 Å². The summed E-state index contributed by atoms with van der Waals surface area (Å²) in [5.41, 5.74) is 0.812. The van der Waals surface area contributed by atoms with E-state index >= 15 is 0 Å². The first kappa shape index (κ1) is 14.1. The molecule has 0 atom stereocenters. The van der Waals surface area contributed by atoms with Crippen molar-refractivity contribution in [3.8, 4) is 0 Å². The van der Waals surface area contributed by atoms with Gasteiger partial charge in [0.2, 0.25) is 11.0 Å². The van der Waals surface area contributed by atoms with Crippen LogP contribution in [0.2, 0.25) is 0 Å². The number of nitrogens with one attached hydrogen (secondary N) is 1. The van der Waals surface area contributed by atoms with Crippen LogP contribution in [0.25, 0.3) is 0 Å². The van der Waals surface area contributed by atoms with Crippen molar-refractivity contribution in [2.45, 2.75) is 39.5 Å². The molecule has 0 aromatic carbocycles. The summed E-state index contributed by atoms with van der Waals surface area (Å²) in [6.45, 7) is 6.20. The van der Waals surface area contributed by atoms with Gasteiger partial charge in [0.25, 0.3) is 0 Å². The van der Waals surface area contributed by atoms with Crippen LogP contribution in [0.5, 0.6) is 0 Å². The third-order valence-electron chi connectivity index (χ3n) is 2.42. The average Bonchev–Trinajstić information content (AvgIpc) is 2.98. The standard InChI is InChI=1S/C12H16N4OS2/c1-4-10-15-16-12(19-10)14-9(17)5-8-6-18-11(13-8)7(2)3/h6-7H,4-5H2,1-3H3,(H,14,16,17). The highest BCUT2D eigenvalue weighted by Gasteiger charge is 2.11. The maximum Gasteiger partial charge on any atom is 0.232 e. The van der Waals surface area contributed by atoms with E-state index in [1.165, 1.54) is 11.3 Å². The molecule has 102 valence electrons. The van der Waals surface area contributed by atoms with Crippen molar-refractivity contribution in [1.82, 2.24) is 15.2 Å². The van der Waals surface area contributed by atoms with Gasteiger partial charge >= 0.3 is 0 Å². The van der Waals surface area contributed by atoms with Gasteiger partial charge in [-0.15, -0.1) is 21.5 Å². The second kappa shape index (κ2) is 6.21. The SMILES string of the molecule is CCc1nnc(NC(=O)Cc2csc(C(C)C)n2)s1. The van der Waals surface area contributed by atoms with E-state index in [1.54, 1.807) is 11.3 Å². The van der Waals surface area contributed by atoms with Crippen LogP contribution in [-0.4, -0.2) is 21.1 Å². The first-order chi connectivity index (χ1) is 9.08. The molecule has 0 aliphatic rings. The molecule has 1 N–H and O–H groups in total. The molecule has 0 spiro atoms. The number of thiazole rings is 1. The number of carbonyl (C=O) groups excluding carboxylic acids is 1. The highest BCUT2D eigenvalue weighted by Crippen LogP contribution is 2.20. The minimum Gasteiger partial charge on any atom is -0.300 e. The monoisotopic (exact) mass is 296 g/mol. The van der Waals surface area contributed by atoms with E-state index in [0.717, 1.165) is 22.1 Å². The van der Waals surface area contributed by atoms with E-state index in [1.807, 2.05) is 12.3 Å². The van der Waals surface area contributed by atoms with Crippen molar-refractivity contribution in [2.24, 2.45) is 0 Å². The summed E-state index contributed by atoms with van der Waals surface area (Å²) in [4.78, 5) is 16.3. The zero-order chi connectivity index (χ0) is 13.8. The van der Waals surface area contributed by atoms with Gasteiger partial charge in [0, 0.05) is 11.3 Å². The number of aromatic nitrogens is 3. The number of carbonyl (C=O) groups is 1. The van der Waals surface area contributed by atoms with Crippen LogP contribution in [0, 0.1) is 0 Å². The summed E-state index contributed by atoms with van der Waals surface area (Å²) < 4.78 is 0.